The van der Waals surface area contributed by atoms with Crippen LogP contribution in [0.3, 0.4) is 0 Å². The maximum Gasteiger partial charge on any atom is 0.287 e. The molecule has 3 rings (SSSR count). The summed E-state index contributed by atoms with van der Waals surface area (Å²) < 4.78 is 0.856. The number of nitrogens with two attached hydrogens (primary N) is 1. The van der Waals surface area contributed by atoms with E-state index in [-0.39, 0.29) is 11.1 Å². The van der Waals surface area contributed by atoms with Gasteiger partial charge in [-0.3, -0.25) is 9.59 Å². The Morgan fingerprint density at radius 1 is 1.38 bits per heavy atom. The third-order valence-electron chi connectivity index (χ3n) is 3.26. The molecule has 2 heterocycles. The molecule has 21 heavy (non-hydrogen) atoms. The first-order valence-corrected chi connectivity index (χ1v) is 8.06. The number of amidine groups is 1. The van der Waals surface area contributed by atoms with Gasteiger partial charge in [0, 0.05) is 16.6 Å². The van der Waals surface area contributed by atoms with Crippen molar-refractivity contribution in [3.05, 3.63) is 33.1 Å². The Kier molecular flexibility index (Phi) is 3.62. The molecule has 2 N–H and O–H groups in total. The highest BCUT2D eigenvalue weighted by molar-refractivity contribution is 9.10. The van der Waals surface area contributed by atoms with E-state index in [9.17, 15) is 9.59 Å². The van der Waals surface area contributed by atoms with E-state index >= 15 is 0 Å². The van der Waals surface area contributed by atoms with Crippen LogP contribution in [-0.2, 0) is 9.59 Å². The standard InChI is InChI=1S/C14H12BrN3O2S/c1-2-5-18-9-4-3-7(15)6-8(9)10(13(18)20)11-12(19)17-14(16)21-11/h3-4,6H,2,5H2,1H3,(H2,16,17,19)/b11-10-. The Morgan fingerprint density at radius 3 is 2.76 bits per heavy atom. The summed E-state index contributed by atoms with van der Waals surface area (Å²) in [6.07, 6.45) is 0.837. The van der Waals surface area contributed by atoms with Crippen molar-refractivity contribution in [3.63, 3.8) is 0 Å². The van der Waals surface area contributed by atoms with Crippen LogP contribution in [0.1, 0.15) is 18.9 Å². The summed E-state index contributed by atoms with van der Waals surface area (Å²) in [5, 5.41) is 0.181. The Balaban J connectivity index is 2.20. The highest BCUT2D eigenvalue weighted by Gasteiger charge is 2.38. The number of anilines is 1. The fourth-order valence-corrected chi connectivity index (χ4v) is 3.58. The van der Waals surface area contributed by atoms with Crippen molar-refractivity contribution in [2.24, 2.45) is 10.7 Å². The maximum absolute atomic E-state index is 12.7. The number of nitrogens with zero attached hydrogens (tertiary/aromatic N) is 2. The van der Waals surface area contributed by atoms with Gasteiger partial charge in [-0.05, 0) is 36.4 Å². The van der Waals surface area contributed by atoms with Crippen LogP contribution in [0, 0.1) is 0 Å². The van der Waals surface area contributed by atoms with Gasteiger partial charge < -0.3 is 10.6 Å². The van der Waals surface area contributed by atoms with Crippen molar-refractivity contribution < 1.29 is 9.59 Å². The second-order valence-electron chi connectivity index (χ2n) is 4.68. The molecule has 0 saturated carbocycles. The Hall–Kier alpha value is -1.60. The molecule has 1 aromatic carbocycles. The summed E-state index contributed by atoms with van der Waals surface area (Å²) in [5.41, 5.74) is 7.58. The summed E-state index contributed by atoms with van der Waals surface area (Å²) in [4.78, 5) is 30.4. The highest BCUT2D eigenvalue weighted by atomic mass is 79.9. The van der Waals surface area contributed by atoms with Crippen molar-refractivity contribution >= 4 is 55.9 Å². The van der Waals surface area contributed by atoms with Crippen molar-refractivity contribution in [1.82, 2.24) is 0 Å². The quantitative estimate of drug-likeness (QED) is 0.816. The largest absolute Gasteiger partial charge is 0.378 e. The Bertz CT molecular complexity index is 727. The van der Waals surface area contributed by atoms with E-state index < -0.39 is 5.91 Å². The molecule has 7 heteroatoms. The second-order valence-corrected chi connectivity index (χ2v) is 6.63. The number of aliphatic imine (C=N–C) groups is 1. The fraction of sp³-hybridized carbons (Fsp3) is 0.214. The lowest BCUT2D eigenvalue weighted by Gasteiger charge is -2.15. The molecular weight excluding hydrogens is 354 g/mol. The molecule has 0 unspecified atom stereocenters. The molecule has 5 nitrogen and oxygen atoms in total. The van der Waals surface area contributed by atoms with E-state index in [0.717, 1.165) is 33.9 Å². The Labute approximate surface area is 134 Å². The third kappa shape index (κ3) is 2.30. The molecule has 0 fully saturated rings. The minimum Gasteiger partial charge on any atom is -0.378 e. The van der Waals surface area contributed by atoms with Gasteiger partial charge in [0.05, 0.1) is 16.2 Å². The molecule has 0 saturated heterocycles. The molecule has 0 spiro atoms. The number of benzene rings is 1. The number of thioether (sulfide) groups is 1. The first-order chi connectivity index (χ1) is 10.0. The molecule has 2 amide bonds. The van der Waals surface area contributed by atoms with Gasteiger partial charge in [0.25, 0.3) is 11.8 Å². The molecule has 2 aliphatic heterocycles. The lowest BCUT2D eigenvalue weighted by molar-refractivity contribution is -0.115. The van der Waals surface area contributed by atoms with Crippen LogP contribution < -0.4 is 10.6 Å². The van der Waals surface area contributed by atoms with Crippen LogP contribution in [0.4, 0.5) is 5.69 Å². The van der Waals surface area contributed by atoms with Gasteiger partial charge in [0.15, 0.2) is 5.17 Å². The average Bonchev–Trinajstić information content (AvgIpc) is 2.88. The number of rotatable bonds is 2. The zero-order chi connectivity index (χ0) is 15.1. The second kappa shape index (κ2) is 5.31. The summed E-state index contributed by atoms with van der Waals surface area (Å²) in [7, 11) is 0. The van der Waals surface area contributed by atoms with E-state index in [1.54, 1.807) is 4.90 Å². The number of carbonyl (C=O) groups excluding carboxylic acids is 2. The van der Waals surface area contributed by atoms with Crippen molar-refractivity contribution in [2.75, 3.05) is 11.4 Å². The van der Waals surface area contributed by atoms with Gasteiger partial charge in [-0.2, -0.15) is 4.99 Å². The molecule has 0 bridgehead atoms. The van der Waals surface area contributed by atoms with Crippen LogP contribution in [-0.4, -0.2) is 23.5 Å². The molecule has 108 valence electrons. The van der Waals surface area contributed by atoms with E-state index in [2.05, 4.69) is 20.9 Å². The monoisotopic (exact) mass is 365 g/mol. The lowest BCUT2D eigenvalue weighted by Crippen LogP contribution is -2.27. The predicted molar refractivity (Wildman–Crippen MR) is 87.9 cm³/mol. The molecule has 1 aromatic rings. The minimum absolute atomic E-state index is 0.161. The smallest absolute Gasteiger partial charge is 0.287 e. The van der Waals surface area contributed by atoms with Gasteiger partial charge >= 0.3 is 0 Å². The number of hydrogen-bond acceptors (Lipinski definition) is 4. The van der Waals surface area contributed by atoms with Crippen LogP contribution in [0.15, 0.2) is 32.6 Å². The first kappa shape index (κ1) is 14.3. The molecule has 0 atom stereocenters. The normalized spacial score (nSPS) is 21.0. The minimum atomic E-state index is -0.440. The van der Waals surface area contributed by atoms with Gasteiger partial charge in [0.2, 0.25) is 0 Å². The summed E-state index contributed by atoms with van der Waals surface area (Å²) >= 11 is 4.47. The number of hydrogen-bond donors (Lipinski definition) is 1. The average molecular weight is 366 g/mol. The maximum atomic E-state index is 12.7. The van der Waals surface area contributed by atoms with Gasteiger partial charge in [-0.15, -0.1) is 0 Å². The van der Waals surface area contributed by atoms with Crippen LogP contribution in [0.2, 0.25) is 0 Å². The van der Waals surface area contributed by atoms with E-state index in [0.29, 0.717) is 17.0 Å². The zero-order valence-electron chi connectivity index (χ0n) is 11.2. The number of amides is 2. The first-order valence-electron chi connectivity index (χ1n) is 6.45. The van der Waals surface area contributed by atoms with Gasteiger partial charge in [-0.25, -0.2) is 0 Å². The fourth-order valence-electron chi connectivity index (χ4n) is 2.45. The molecule has 0 aromatic heterocycles. The van der Waals surface area contributed by atoms with E-state index in [4.69, 9.17) is 5.73 Å². The summed E-state index contributed by atoms with van der Waals surface area (Å²) in [5.74, 6) is -0.601. The van der Waals surface area contributed by atoms with Gasteiger partial charge in [0.1, 0.15) is 0 Å². The number of carbonyl (C=O) groups is 2. The SMILES string of the molecule is CCCN1C(=O)/C(=C2\SC(N)=NC2=O)c2cc(Br)ccc21. The van der Waals surface area contributed by atoms with Crippen molar-refractivity contribution in [2.45, 2.75) is 13.3 Å². The Morgan fingerprint density at radius 2 is 2.14 bits per heavy atom. The van der Waals surface area contributed by atoms with Crippen LogP contribution in [0.5, 0.6) is 0 Å². The van der Waals surface area contributed by atoms with Gasteiger partial charge in [-0.1, -0.05) is 22.9 Å². The highest BCUT2D eigenvalue weighted by Crippen LogP contribution is 2.43. The van der Waals surface area contributed by atoms with Crippen LogP contribution >= 0.6 is 27.7 Å². The van der Waals surface area contributed by atoms with E-state index in [1.165, 1.54) is 0 Å². The molecular formula is C14H12BrN3O2S. The summed E-state index contributed by atoms with van der Waals surface area (Å²) in [6.45, 7) is 2.62. The topological polar surface area (TPSA) is 75.8 Å². The van der Waals surface area contributed by atoms with Crippen molar-refractivity contribution in [3.8, 4) is 0 Å². The molecule has 2 aliphatic rings. The number of fused-ring (bicyclic) bond motifs is 1. The lowest BCUT2D eigenvalue weighted by atomic mass is 10.1. The number of halogens is 1. The molecule has 0 radical (unpaired) electrons. The van der Waals surface area contributed by atoms with Crippen molar-refractivity contribution in [1.29, 1.82) is 0 Å². The molecule has 0 aliphatic carbocycles. The third-order valence-corrected chi connectivity index (χ3v) is 4.64. The predicted octanol–water partition coefficient (Wildman–Crippen LogP) is 2.50. The summed E-state index contributed by atoms with van der Waals surface area (Å²) in [6, 6.07) is 5.62. The van der Waals surface area contributed by atoms with E-state index in [1.807, 2.05) is 25.1 Å². The van der Waals surface area contributed by atoms with Crippen LogP contribution in [0.25, 0.3) is 5.57 Å². The zero-order valence-corrected chi connectivity index (χ0v) is 13.6.